The van der Waals surface area contributed by atoms with Crippen LogP contribution in [-0.2, 0) is 11.2 Å². The predicted molar refractivity (Wildman–Crippen MR) is 63.7 cm³/mol. The maximum atomic E-state index is 13.1. The summed E-state index contributed by atoms with van der Waals surface area (Å²) in [5.41, 5.74) is 2.06. The van der Waals surface area contributed by atoms with Gasteiger partial charge in [0.2, 0.25) is 0 Å². The summed E-state index contributed by atoms with van der Waals surface area (Å²) in [6, 6.07) is 4.32. The molecule has 1 aromatic carbocycles. The lowest BCUT2D eigenvalue weighted by Gasteiger charge is -2.31. The maximum absolute atomic E-state index is 13.1. The molecule has 5 heteroatoms. The molecule has 1 aliphatic carbocycles. The molecule has 3 nitrogen and oxygen atoms in total. The van der Waals surface area contributed by atoms with Crippen molar-refractivity contribution < 1.29 is 14.3 Å². The van der Waals surface area contributed by atoms with Crippen LogP contribution in [-0.4, -0.2) is 28.1 Å². The van der Waals surface area contributed by atoms with Crippen LogP contribution in [0, 0.1) is 5.82 Å². The lowest BCUT2D eigenvalue weighted by Crippen LogP contribution is -2.47. The summed E-state index contributed by atoms with van der Waals surface area (Å²) in [4.78, 5) is 11.0. The number of rotatable bonds is 1. The molecule has 90 valence electrons. The van der Waals surface area contributed by atoms with Gasteiger partial charge in [-0.3, -0.25) is 10.1 Å². The van der Waals surface area contributed by atoms with Gasteiger partial charge in [0.15, 0.2) is 0 Å². The number of benzene rings is 1. The van der Waals surface area contributed by atoms with Gasteiger partial charge in [0.25, 0.3) is 0 Å². The van der Waals surface area contributed by atoms with Crippen molar-refractivity contribution in [2.24, 2.45) is 0 Å². The number of carboxylic acid groups (broad SMARTS) is 1. The van der Waals surface area contributed by atoms with E-state index in [0.29, 0.717) is 11.0 Å². The first-order chi connectivity index (χ1) is 8.15. The molecule has 0 radical (unpaired) electrons. The molecule has 1 aromatic rings. The molecule has 0 saturated carbocycles. The number of halogens is 1. The van der Waals surface area contributed by atoms with Gasteiger partial charge in [-0.2, -0.15) is 11.8 Å². The van der Waals surface area contributed by atoms with Crippen molar-refractivity contribution >= 4 is 17.7 Å². The molecule has 0 bridgehead atoms. The fraction of sp³-hybridized carbons (Fsp3) is 0.417. The Bertz CT molecular complexity index is 480. The summed E-state index contributed by atoms with van der Waals surface area (Å²) in [6.07, 6.45) is 0.821. The standard InChI is InChI=1S/C12H12FNO2S/c13-7-1-2-8-6(3-7)4-10-11(8)14-9(5-17-10)12(15)16/h1-3,9-11,14H,4-5H2,(H,15,16). The summed E-state index contributed by atoms with van der Waals surface area (Å²) in [7, 11) is 0. The highest BCUT2D eigenvalue weighted by atomic mass is 32.2. The third kappa shape index (κ3) is 1.83. The van der Waals surface area contributed by atoms with E-state index in [1.54, 1.807) is 23.9 Å². The largest absolute Gasteiger partial charge is 0.480 e. The maximum Gasteiger partial charge on any atom is 0.321 e. The van der Waals surface area contributed by atoms with Crippen molar-refractivity contribution in [2.75, 3.05) is 5.75 Å². The van der Waals surface area contributed by atoms with Gasteiger partial charge in [-0.15, -0.1) is 0 Å². The van der Waals surface area contributed by atoms with Crippen molar-refractivity contribution in [3.63, 3.8) is 0 Å². The Labute approximate surface area is 102 Å². The van der Waals surface area contributed by atoms with Crippen molar-refractivity contribution in [3.8, 4) is 0 Å². The molecule has 3 atom stereocenters. The Kier molecular flexibility index (Phi) is 2.60. The first-order valence-electron chi connectivity index (χ1n) is 5.54. The van der Waals surface area contributed by atoms with Crippen LogP contribution in [0.2, 0.25) is 0 Å². The van der Waals surface area contributed by atoms with Gasteiger partial charge >= 0.3 is 5.97 Å². The molecule has 1 heterocycles. The fourth-order valence-electron chi connectivity index (χ4n) is 2.57. The van der Waals surface area contributed by atoms with Crippen LogP contribution >= 0.6 is 11.8 Å². The molecule has 3 unspecified atom stereocenters. The van der Waals surface area contributed by atoms with Gasteiger partial charge in [-0.1, -0.05) is 6.07 Å². The second kappa shape index (κ2) is 3.99. The van der Waals surface area contributed by atoms with Gasteiger partial charge in [0, 0.05) is 17.0 Å². The van der Waals surface area contributed by atoms with Crippen LogP contribution in [0.4, 0.5) is 4.39 Å². The van der Waals surface area contributed by atoms with Gasteiger partial charge in [-0.05, 0) is 29.7 Å². The molecule has 2 N–H and O–H groups in total. The Morgan fingerprint density at radius 2 is 2.35 bits per heavy atom. The normalized spacial score (nSPS) is 30.8. The van der Waals surface area contributed by atoms with Gasteiger partial charge in [0.05, 0.1) is 0 Å². The number of hydrogen-bond donors (Lipinski definition) is 2. The van der Waals surface area contributed by atoms with Crippen molar-refractivity contribution in [2.45, 2.75) is 23.8 Å². The average Bonchev–Trinajstić information content (AvgIpc) is 2.64. The van der Waals surface area contributed by atoms with Gasteiger partial charge in [0.1, 0.15) is 11.9 Å². The number of fused-ring (bicyclic) bond motifs is 3. The zero-order valence-electron chi connectivity index (χ0n) is 9.02. The van der Waals surface area contributed by atoms with Crippen LogP contribution < -0.4 is 5.32 Å². The van der Waals surface area contributed by atoms with E-state index in [0.717, 1.165) is 17.5 Å². The van der Waals surface area contributed by atoms with Gasteiger partial charge < -0.3 is 5.11 Å². The third-order valence-electron chi connectivity index (χ3n) is 3.39. The molecule has 0 spiro atoms. The number of carboxylic acids is 1. The third-order valence-corrected chi connectivity index (χ3v) is 4.78. The van der Waals surface area contributed by atoms with E-state index in [2.05, 4.69) is 5.32 Å². The summed E-state index contributed by atoms with van der Waals surface area (Å²) in [5, 5.41) is 12.5. The highest BCUT2D eigenvalue weighted by Gasteiger charge is 2.39. The van der Waals surface area contributed by atoms with E-state index in [-0.39, 0.29) is 11.9 Å². The minimum absolute atomic E-state index is 0.0467. The Morgan fingerprint density at radius 3 is 3.12 bits per heavy atom. The van der Waals surface area contributed by atoms with Crippen molar-refractivity contribution in [1.29, 1.82) is 0 Å². The lowest BCUT2D eigenvalue weighted by atomic mass is 10.1. The van der Waals surface area contributed by atoms with Crippen LogP contribution in [0.15, 0.2) is 18.2 Å². The first-order valence-corrected chi connectivity index (χ1v) is 6.59. The molecule has 0 amide bonds. The first kappa shape index (κ1) is 11.0. The van der Waals surface area contributed by atoms with Gasteiger partial charge in [-0.25, -0.2) is 4.39 Å². The smallest absolute Gasteiger partial charge is 0.321 e. The highest BCUT2D eigenvalue weighted by molar-refractivity contribution is 8.00. The molecule has 2 aliphatic rings. The van der Waals surface area contributed by atoms with Crippen LogP contribution in [0.25, 0.3) is 0 Å². The SMILES string of the molecule is O=C(O)C1CSC2Cc3cc(F)ccc3C2N1. The number of aliphatic carboxylic acids is 1. The summed E-state index contributed by atoms with van der Waals surface area (Å²) >= 11 is 1.67. The van der Waals surface area contributed by atoms with Crippen molar-refractivity contribution in [3.05, 3.63) is 35.1 Å². The molecule has 17 heavy (non-hydrogen) atoms. The lowest BCUT2D eigenvalue weighted by molar-refractivity contribution is -0.139. The Hall–Kier alpha value is -1.07. The summed E-state index contributed by atoms with van der Waals surface area (Å²) < 4.78 is 13.1. The average molecular weight is 253 g/mol. The number of nitrogens with one attached hydrogen (secondary N) is 1. The molecular weight excluding hydrogens is 241 g/mol. The Morgan fingerprint density at radius 1 is 1.53 bits per heavy atom. The molecule has 1 saturated heterocycles. The number of hydrogen-bond acceptors (Lipinski definition) is 3. The molecule has 3 rings (SSSR count). The molecule has 1 fully saturated rings. The second-order valence-electron chi connectivity index (χ2n) is 4.45. The second-order valence-corrected chi connectivity index (χ2v) is 5.73. The number of carbonyl (C=O) groups is 1. The van der Waals surface area contributed by atoms with Crippen LogP contribution in [0.3, 0.4) is 0 Å². The van der Waals surface area contributed by atoms with E-state index in [4.69, 9.17) is 5.11 Å². The van der Waals surface area contributed by atoms with Crippen LogP contribution in [0.5, 0.6) is 0 Å². The van der Waals surface area contributed by atoms with Crippen molar-refractivity contribution in [1.82, 2.24) is 5.32 Å². The molecular formula is C12H12FNO2S. The van der Waals surface area contributed by atoms with E-state index in [9.17, 15) is 9.18 Å². The highest BCUT2D eigenvalue weighted by Crippen LogP contribution is 2.41. The van der Waals surface area contributed by atoms with E-state index >= 15 is 0 Å². The van der Waals surface area contributed by atoms with E-state index in [1.165, 1.54) is 6.07 Å². The minimum Gasteiger partial charge on any atom is -0.480 e. The monoisotopic (exact) mass is 253 g/mol. The Balaban J connectivity index is 1.90. The fourth-order valence-corrected chi connectivity index (χ4v) is 3.96. The summed E-state index contributed by atoms with van der Waals surface area (Å²) in [5.74, 6) is -0.457. The number of thioether (sulfide) groups is 1. The van der Waals surface area contributed by atoms with E-state index < -0.39 is 12.0 Å². The zero-order valence-corrected chi connectivity index (χ0v) is 9.84. The molecule has 1 aliphatic heterocycles. The van der Waals surface area contributed by atoms with E-state index in [1.807, 2.05) is 0 Å². The minimum atomic E-state index is -0.813. The quantitative estimate of drug-likeness (QED) is 0.798. The summed E-state index contributed by atoms with van der Waals surface area (Å²) in [6.45, 7) is 0. The van der Waals surface area contributed by atoms with Crippen LogP contribution in [0.1, 0.15) is 17.2 Å². The topological polar surface area (TPSA) is 49.3 Å². The molecule has 0 aromatic heterocycles. The predicted octanol–water partition coefficient (Wildman–Crippen LogP) is 1.58. The zero-order chi connectivity index (χ0) is 12.0.